The molecule has 1 unspecified atom stereocenters. The molecule has 0 fully saturated rings. The zero-order valence-electron chi connectivity index (χ0n) is 6.42. The van der Waals surface area contributed by atoms with Gasteiger partial charge in [0.05, 0.1) is 12.0 Å². The van der Waals surface area contributed by atoms with Gasteiger partial charge in [-0.2, -0.15) is 5.26 Å². The molecule has 12 heavy (non-hydrogen) atoms. The Morgan fingerprint density at radius 2 is 2.17 bits per heavy atom. The summed E-state index contributed by atoms with van der Waals surface area (Å²) in [5.74, 6) is -0.472. The second-order valence-corrected chi connectivity index (χ2v) is 2.39. The molecule has 0 aromatic carbocycles. The monoisotopic (exact) mass is 165 g/mol. The Balaban J connectivity index is 3.29. The summed E-state index contributed by atoms with van der Waals surface area (Å²) in [7, 11) is 0. The van der Waals surface area contributed by atoms with Crippen LogP contribution in [0.15, 0.2) is 15.7 Å². The summed E-state index contributed by atoms with van der Waals surface area (Å²) in [4.78, 5) is 25.8. The Labute approximate surface area is 67.7 Å². The van der Waals surface area contributed by atoms with Gasteiger partial charge in [-0.05, 0) is 6.92 Å². The van der Waals surface area contributed by atoms with Gasteiger partial charge in [-0.1, -0.05) is 0 Å². The van der Waals surface area contributed by atoms with Crippen molar-refractivity contribution in [1.29, 1.82) is 5.26 Å². The van der Waals surface area contributed by atoms with E-state index in [0.29, 0.717) is 5.69 Å². The molecule has 62 valence electrons. The van der Waals surface area contributed by atoms with Gasteiger partial charge in [-0.15, -0.1) is 0 Å². The molecule has 1 atom stereocenters. The minimum atomic E-state index is -0.584. The summed E-state index contributed by atoms with van der Waals surface area (Å²) in [6, 6.07) is 3.12. The summed E-state index contributed by atoms with van der Waals surface area (Å²) < 4.78 is 0. The predicted octanol–water partition coefficient (Wildman–Crippen LogP) is -0.310. The van der Waals surface area contributed by atoms with Gasteiger partial charge in [0.15, 0.2) is 0 Å². The Kier molecular flexibility index (Phi) is 2.10. The molecule has 5 heteroatoms. The maximum absolute atomic E-state index is 10.7. The lowest BCUT2D eigenvalue weighted by molar-refractivity contribution is 0.870. The number of nitrogens with one attached hydrogen (secondary N) is 2. The van der Waals surface area contributed by atoms with E-state index in [0.717, 1.165) is 0 Å². The largest absolute Gasteiger partial charge is 0.325 e. The van der Waals surface area contributed by atoms with E-state index in [9.17, 15) is 9.59 Å². The fraction of sp³-hybridized carbons (Fsp3) is 0.286. The molecule has 1 heterocycles. The Hall–Kier alpha value is -1.83. The lowest BCUT2D eigenvalue weighted by Crippen LogP contribution is -2.23. The van der Waals surface area contributed by atoms with Crippen molar-refractivity contribution in [3.63, 3.8) is 0 Å². The second kappa shape index (κ2) is 3.05. The molecule has 0 bridgehead atoms. The lowest BCUT2D eigenvalue weighted by atomic mass is 10.1. The number of nitriles is 1. The van der Waals surface area contributed by atoms with Gasteiger partial charge in [0.2, 0.25) is 0 Å². The summed E-state index contributed by atoms with van der Waals surface area (Å²) in [5, 5.41) is 8.49. The third kappa shape index (κ3) is 1.61. The fourth-order valence-electron chi connectivity index (χ4n) is 0.790. The molecular weight excluding hydrogens is 158 g/mol. The molecule has 0 saturated carbocycles. The molecular formula is C7H7N3O2. The fourth-order valence-corrected chi connectivity index (χ4v) is 0.790. The van der Waals surface area contributed by atoms with E-state index in [4.69, 9.17) is 5.26 Å². The average Bonchev–Trinajstić information content (AvgIpc) is 2.01. The van der Waals surface area contributed by atoms with Gasteiger partial charge in [-0.25, -0.2) is 4.79 Å². The van der Waals surface area contributed by atoms with Gasteiger partial charge >= 0.3 is 5.69 Å². The zero-order valence-corrected chi connectivity index (χ0v) is 6.42. The van der Waals surface area contributed by atoms with Gasteiger partial charge in [-0.3, -0.25) is 9.78 Å². The van der Waals surface area contributed by atoms with E-state index < -0.39 is 17.2 Å². The molecule has 0 aliphatic rings. The topological polar surface area (TPSA) is 89.5 Å². The normalized spacial score (nSPS) is 12.0. The van der Waals surface area contributed by atoms with Crippen LogP contribution in [0.5, 0.6) is 0 Å². The van der Waals surface area contributed by atoms with E-state index in [1.165, 1.54) is 6.07 Å². The van der Waals surface area contributed by atoms with Crippen molar-refractivity contribution in [2.45, 2.75) is 12.8 Å². The minimum absolute atomic E-state index is 0.339. The van der Waals surface area contributed by atoms with E-state index in [-0.39, 0.29) is 0 Å². The number of hydrogen-bond acceptors (Lipinski definition) is 3. The SMILES string of the molecule is CC(C#N)c1cc(=O)[nH]c(=O)[nH]1. The van der Waals surface area contributed by atoms with Gasteiger partial charge in [0.25, 0.3) is 5.56 Å². The molecule has 1 rings (SSSR count). The molecule has 0 aliphatic heterocycles. The zero-order chi connectivity index (χ0) is 9.14. The number of aromatic amines is 2. The van der Waals surface area contributed by atoms with E-state index in [1.807, 2.05) is 11.1 Å². The highest BCUT2D eigenvalue weighted by molar-refractivity contribution is 5.12. The van der Waals surface area contributed by atoms with Crippen LogP contribution >= 0.6 is 0 Å². The molecule has 1 aromatic rings. The van der Waals surface area contributed by atoms with Crippen LogP contribution in [0.3, 0.4) is 0 Å². The number of nitrogens with zero attached hydrogens (tertiary/aromatic N) is 1. The van der Waals surface area contributed by atoms with Crippen LogP contribution in [0.2, 0.25) is 0 Å². The standard InChI is InChI=1S/C7H7N3O2/c1-4(3-8)5-2-6(11)10-7(12)9-5/h2,4H,1H3,(H2,9,10,11,12). The van der Waals surface area contributed by atoms with Crippen LogP contribution in [0.25, 0.3) is 0 Å². The first-order valence-electron chi connectivity index (χ1n) is 3.36. The van der Waals surface area contributed by atoms with Crippen LogP contribution in [0.1, 0.15) is 18.5 Å². The van der Waals surface area contributed by atoms with Gasteiger partial charge in [0.1, 0.15) is 0 Å². The van der Waals surface area contributed by atoms with Crippen molar-refractivity contribution < 1.29 is 0 Å². The Bertz CT molecular complexity index is 395. The Morgan fingerprint density at radius 3 is 2.67 bits per heavy atom. The van der Waals surface area contributed by atoms with Crippen molar-refractivity contribution in [3.8, 4) is 6.07 Å². The molecule has 0 saturated heterocycles. The molecule has 5 nitrogen and oxygen atoms in total. The van der Waals surface area contributed by atoms with Gasteiger partial charge in [0, 0.05) is 11.8 Å². The summed E-state index contributed by atoms with van der Waals surface area (Å²) in [6.45, 7) is 1.60. The molecule has 2 N–H and O–H groups in total. The predicted molar refractivity (Wildman–Crippen MR) is 41.7 cm³/mol. The summed E-state index contributed by atoms with van der Waals surface area (Å²) >= 11 is 0. The van der Waals surface area contributed by atoms with Gasteiger partial charge < -0.3 is 4.98 Å². The number of aromatic nitrogens is 2. The van der Waals surface area contributed by atoms with Crippen LogP contribution in [0, 0.1) is 11.3 Å². The van der Waals surface area contributed by atoms with Crippen molar-refractivity contribution >= 4 is 0 Å². The summed E-state index contributed by atoms with van der Waals surface area (Å²) in [6.07, 6.45) is 0. The maximum Gasteiger partial charge on any atom is 0.325 e. The molecule has 0 spiro atoms. The minimum Gasteiger partial charge on any atom is -0.310 e. The molecule has 0 radical (unpaired) electrons. The van der Waals surface area contributed by atoms with Crippen LogP contribution in [-0.4, -0.2) is 9.97 Å². The summed E-state index contributed by atoms with van der Waals surface area (Å²) in [5.41, 5.74) is -0.735. The van der Waals surface area contributed by atoms with E-state index >= 15 is 0 Å². The van der Waals surface area contributed by atoms with E-state index in [2.05, 4.69) is 4.98 Å². The van der Waals surface area contributed by atoms with Crippen molar-refractivity contribution in [3.05, 3.63) is 32.6 Å². The van der Waals surface area contributed by atoms with E-state index in [1.54, 1.807) is 6.92 Å². The van der Waals surface area contributed by atoms with Crippen LogP contribution < -0.4 is 11.2 Å². The first-order chi connectivity index (χ1) is 5.63. The molecule has 1 aromatic heterocycles. The number of rotatable bonds is 1. The highest BCUT2D eigenvalue weighted by Gasteiger charge is 2.04. The first kappa shape index (κ1) is 8.27. The van der Waals surface area contributed by atoms with Crippen LogP contribution in [0.4, 0.5) is 0 Å². The lowest BCUT2D eigenvalue weighted by Gasteiger charge is -1.98. The average molecular weight is 165 g/mol. The molecule has 0 aliphatic carbocycles. The Morgan fingerprint density at radius 1 is 1.50 bits per heavy atom. The number of hydrogen-bond donors (Lipinski definition) is 2. The third-order valence-electron chi connectivity index (χ3n) is 1.44. The van der Waals surface area contributed by atoms with Crippen LogP contribution in [-0.2, 0) is 0 Å². The van der Waals surface area contributed by atoms with Crippen molar-refractivity contribution in [1.82, 2.24) is 9.97 Å². The molecule has 0 amide bonds. The smallest absolute Gasteiger partial charge is 0.310 e. The highest BCUT2D eigenvalue weighted by Crippen LogP contribution is 2.05. The second-order valence-electron chi connectivity index (χ2n) is 2.39. The maximum atomic E-state index is 10.7. The third-order valence-corrected chi connectivity index (χ3v) is 1.44. The number of H-pyrrole nitrogens is 2. The van der Waals surface area contributed by atoms with Crippen molar-refractivity contribution in [2.24, 2.45) is 0 Å². The quantitative estimate of drug-likeness (QED) is 0.598. The van der Waals surface area contributed by atoms with Crippen molar-refractivity contribution in [2.75, 3.05) is 0 Å². The highest BCUT2D eigenvalue weighted by atomic mass is 16.2. The first-order valence-corrected chi connectivity index (χ1v) is 3.36.